The summed E-state index contributed by atoms with van der Waals surface area (Å²) in [4.78, 5) is 52.8. The molecular weight excluding hydrogens is 458 g/mol. The van der Waals surface area contributed by atoms with E-state index in [0.717, 1.165) is 0 Å². The van der Waals surface area contributed by atoms with Crippen LogP contribution in [0.5, 0.6) is 0 Å². The van der Waals surface area contributed by atoms with Crippen LogP contribution in [0.1, 0.15) is 48.5 Å². The minimum atomic E-state index is -0.603. The van der Waals surface area contributed by atoms with Crippen molar-refractivity contribution in [3.8, 4) is 0 Å². The third kappa shape index (κ3) is 4.18. The number of rotatable bonds is 5. The Morgan fingerprint density at radius 1 is 1.06 bits per heavy atom. The second kappa shape index (κ2) is 9.17. The first-order chi connectivity index (χ1) is 16.4. The van der Waals surface area contributed by atoms with E-state index in [2.05, 4.69) is 20.3 Å². The van der Waals surface area contributed by atoms with Crippen LogP contribution in [-0.2, 0) is 7.05 Å². The van der Waals surface area contributed by atoms with Crippen molar-refractivity contribution in [3.05, 3.63) is 56.0 Å². The quantitative estimate of drug-likeness (QED) is 0.551. The Kier molecular flexibility index (Phi) is 6.07. The maximum Gasteiger partial charge on any atom is 0.318 e. The van der Waals surface area contributed by atoms with Crippen LogP contribution >= 0.6 is 11.6 Å². The molecule has 2 aliphatic rings. The Morgan fingerprint density at radius 3 is 2.41 bits per heavy atom. The number of nitrogens with one attached hydrogen (secondary N) is 1. The minimum absolute atomic E-state index is 0.151. The van der Waals surface area contributed by atoms with E-state index in [1.54, 1.807) is 25.5 Å². The van der Waals surface area contributed by atoms with Gasteiger partial charge in [-0.05, 0) is 37.7 Å². The van der Waals surface area contributed by atoms with Gasteiger partial charge >= 0.3 is 11.1 Å². The van der Waals surface area contributed by atoms with Crippen molar-refractivity contribution in [2.75, 3.05) is 24.5 Å². The van der Waals surface area contributed by atoms with Crippen LogP contribution in [0.4, 0.5) is 5.95 Å². The van der Waals surface area contributed by atoms with Gasteiger partial charge in [-0.1, -0.05) is 18.0 Å². The van der Waals surface area contributed by atoms with Crippen molar-refractivity contribution in [1.29, 1.82) is 0 Å². The lowest BCUT2D eigenvalue weighted by Crippen LogP contribution is -2.45. The lowest BCUT2D eigenvalue weighted by molar-refractivity contribution is 0.0938. The standard InChI is InChI=1S/C23H26ClN7O3/c1-29-18-9-16(24)13-25-19(18)31(22(34)21(29)33)17-5-7-30(8-6-17)23-27-11-15(12-28-23)20(32)26-10-14-3-2-4-14/h9,11-14,17H,2-8,10H2,1H3,(H,26,32). The molecule has 3 aromatic rings. The minimum Gasteiger partial charge on any atom is -0.352 e. The number of hydrogen-bond acceptors (Lipinski definition) is 7. The van der Waals surface area contributed by atoms with E-state index in [-0.39, 0.29) is 11.9 Å². The molecule has 0 unspecified atom stereocenters. The average Bonchev–Trinajstić information content (AvgIpc) is 2.82. The Labute approximate surface area is 200 Å². The third-order valence-corrected chi connectivity index (χ3v) is 7.11. The lowest BCUT2D eigenvalue weighted by atomic mass is 9.85. The Morgan fingerprint density at radius 2 is 1.76 bits per heavy atom. The highest BCUT2D eigenvalue weighted by atomic mass is 35.5. The molecule has 10 nitrogen and oxygen atoms in total. The summed E-state index contributed by atoms with van der Waals surface area (Å²) in [5, 5.41) is 3.35. The van der Waals surface area contributed by atoms with Gasteiger partial charge in [0.15, 0.2) is 5.65 Å². The van der Waals surface area contributed by atoms with Crippen molar-refractivity contribution < 1.29 is 4.79 Å². The van der Waals surface area contributed by atoms with Crippen LogP contribution in [0.3, 0.4) is 0 Å². The monoisotopic (exact) mass is 483 g/mol. The summed E-state index contributed by atoms with van der Waals surface area (Å²) in [5.74, 6) is 0.980. The highest BCUT2D eigenvalue weighted by molar-refractivity contribution is 6.31. The number of aromatic nitrogens is 5. The Hall–Kier alpha value is -3.27. The molecule has 11 heteroatoms. The molecule has 34 heavy (non-hydrogen) atoms. The number of pyridine rings is 1. The van der Waals surface area contributed by atoms with Gasteiger partial charge in [0.1, 0.15) is 0 Å². The number of carbonyl (C=O) groups is 1. The second-order valence-electron chi connectivity index (χ2n) is 9.03. The molecule has 3 aromatic heterocycles. The van der Waals surface area contributed by atoms with E-state index >= 15 is 0 Å². The van der Waals surface area contributed by atoms with Crippen LogP contribution in [0, 0.1) is 5.92 Å². The molecule has 1 aliphatic heterocycles. The van der Waals surface area contributed by atoms with Crippen LogP contribution in [0.2, 0.25) is 5.02 Å². The molecule has 178 valence electrons. The molecule has 1 saturated heterocycles. The van der Waals surface area contributed by atoms with Crippen molar-refractivity contribution in [2.45, 2.75) is 38.1 Å². The summed E-state index contributed by atoms with van der Waals surface area (Å²) in [6.45, 7) is 1.91. The average molecular weight is 484 g/mol. The van der Waals surface area contributed by atoms with E-state index in [1.165, 1.54) is 34.6 Å². The molecule has 1 N–H and O–H groups in total. The predicted octanol–water partition coefficient (Wildman–Crippen LogP) is 1.91. The van der Waals surface area contributed by atoms with Gasteiger partial charge in [0.05, 0.1) is 16.1 Å². The SMILES string of the molecule is Cn1c(=O)c(=O)n(C2CCN(c3ncc(C(=O)NCC4CCC4)cn3)CC2)c2ncc(Cl)cc21. The number of amides is 1. The van der Waals surface area contributed by atoms with Gasteiger partial charge in [0.25, 0.3) is 5.91 Å². The molecule has 0 aromatic carbocycles. The second-order valence-corrected chi connectivity index (χ2v) is 9.47. The van der Waals surface area contributed by atoms with Crippen LogP contribution in [0.25, 0.3) is 11.2 Å². The maximum absolute atomic E-state index is 12.8. The summed E-state index contributed by atoms with van der Waals surface area (Å²) in [6.07, 6.45) is 9.43. The summed E-state index contributed by atoms with van der Waals surface area (Å²) < 4.78 is 2.79. The number of nitrogens with zero attached hydrogens (tertiary/aromatic N) is 6. The summed E-state index contributed by atoms with van der Waals surface area (Å²) in [5.41, 5.74) is 0.226. The topological polar surface area (TPSA) is 115 Å². The number of anilines is 1. The zero-order valence-corrected chi connectivity index (χ0v) is 19.7. The number of fused-ring (bicyclic) bond motifs is 1. The molecule has 0 spiro atoms. The molecule has 1 saturated carbocycles. The smallest absolute Gasteiger partial charge is 0.318 e. The van der Waals surface area contributed by atoms with E-state index in [4.69, 9.17) is 11.6 Å². The van der Waals surface area contributed by atoms with Crippen molar-refractivity contribution in [3.63, 3.8) is 0 Å². The van der Waals surface area contributed by atoms with Gasteiger partial charge in [0, 0.05) is 51.3 Å². The number of aryl methyl sites for hydroxylation is 1. The fourth-order valence-corrected chi connectivity index (χ4v) is 4.76. The molecule has 1 amide bonds. The molecule has 4 heterocycles. The third-order valence-electron chi connectivity index (χ3n) is 6.90. The lowest BCUT2D eigenvalue weighted by Gasteiger charge is -2.33. The number of halogens is 1. The maximum atomic E-state index is 12.8. The molecule has 2 fully saturated rings. The number of carbonyl (C=O) groups excluding carboxylic acids is 1. The van der Waals surface area contributed by atoms with E-state index in [0.29, 0.717) is 66.1 Å². The predicted molar refractivity (Wildman–Crippen MR) is 128 cm³/mol. The summed E-state index contributed by atoms with van der Waals surface area (Å²) in [6, 6.07) is 1.47. The summed E-state index contributed by atoms with van der Waals surface area (Å²) in [7, 11) is 1.55. The van der Waals surface area contributed by atoms with Crippen LogP contribution in [-0.4, -0.2) is 49.6 Å². The first-order valence-electron chi connectivity index (χ1n) is 11.5. The van der Waals surface area contributed by atoms with Gasteiger partial charge in [0.2, 0.25) is 5.95 Å². The number of piperidine rings is 1. The van der Waals surface area contributed by atoms with Gasteiger partial charge in [-0.2, -0.15) is 0 Å². The van der Waals surface area contributed by atoms with Crippen LogP contribution < -0.4 is 21.3 Å². The van der Waals surface area contributed by atoms with Crippen molar-refractivity contribution in [2.24, 2.45) is 13.0 Å². The molecule has 0 radical (unpaired) electrons. The normalized spacial score (nSPS) is 17.1. The van der Waals surface area contributed by atoms with E-state index in [9.17, 15) is 14.4 Å². The van der Waals surface area contributed by atoms with Gasteiger partial charge < -0.3 is 14.8 Å². The van der Waals surface area contributed by atoms with E-state index in [1.807, 2.05) is 4.90 Å². The Bertz CT molecular complexity index is 1340. The molecule has 1 aliphatic carbocycles. The van der Waals surface area contributed by atoms with E-state index < -0.39 is 11.1 Å². The number of hydrogen-bond donors (Lipinski definition) is 1. The van der Waals surface area contributed by atoms with Gasteiger partial charge in [-0.15, -0.1) is 0 Å². The Balaban J connectivity index is 1.29. The molecule has 0 bridgehead atoms. The first kappa shape index (κ1) is 22.5. The fourth-order valence-electron chi connectivity index (χ4n) is 4.61. The first-order valence-corrected chi connectivity index (χ1v) is 11.9. The van der Waals surface area contributed by atoms with Gasteiger partial charge in [-0.25, -0.2) is 15.0 Å². The van der Waals surface area contributed by atoms with Gasteiger partial charge in [-0.3, -0.25) is 19.0 Å². The zero-order chi connectivity index (χ0) is 23.8. The van der Waals surface area contributed by atoms with Crippen molar-refractivity contribution >= 4 is 34.6 Å². The summed E-state index contributed by atoms with van der Waals surface area (Å²) >= 11 is 6.07. The fraction of sp³-hybridized carbons (Fsp3) is 0.478. The molecule has 0 atom stereocenters. The van der Waals surface area contributed by atoms with Crippen LogP contribution in [0.15, 0.2) is 34.2 Å². The van der Waals surface area contributed by atoms with Crippen molar-refractivity contribution in [1.82, 2.24) is 29.4 Å². The highest BCUT2D eigenvalue weighted by Crippen LogP contribution is 2.27. The molecule has 5 rings (SSSR count). The molecular formula is C23H26ClN7O3. The highest BCUT2D eigenvalue weighted by Gasteiger charge is 2.26. The zero-order valence-electron chi connectivity index (χ0n) is 18.9. The largest absolute Gasteiger partial charge is 0.352 e.